The SMILES string of the molecule is Cc1c(CN=C(NC(=O)OC(C)(C)C)NC(=O)OC(C)(C)C)cccc1[N+](=O)[O-]. The van der Waals surface area contributed by atoms with Gasteiger partial charge in [-0.2, -0.15) is 0 Å². The summed E-state index contributed by atoms with van der Waals surface area (Å²) >= 11 is 0. The normalized spacial score (nSPS) is 11.3. The molecule has 0 aliphatic carbocycles. The number of hydrogen-bond acceptors (Lipinski definition) is 7. The van der Waals surface area contributed by atoms with Crippen molar-refractivity contribution in [2.75, 3.05) is 0 Å². The Balaban J connectivity index is 3.06. The number of alkyl carbamates (subject to hydrolysis) is 2. The van der Waals surface area contributed by atoms with Crippen LogP contribution in [0.1, 0.15) is 52.7 Å². The lowest BCUT2D eigenvalue weighted by molar-refractivity contribution is -0.385. The second-order valence-electron chi connectivity index (χ2n) is 8.24. The summed E-state index contributed by atoms with van der Waals surface area (Å²) in [5, 5.41) is 15.8. The summed E-state index contributed by atoms with van der Waals surface area (Å²) in [6.45, 7) is 11.7. The highest BCUT2D eigenvalue weighted by atomic mass is 16.6. The van der Waals surface area contributed by atoms with Gasteiger partial charge in [-0.1, -0.05) is 12.1 Å². The lowest BCUT2D eigenvalue weighted by atomic mass is 10.1. The summed E-state index contributed by atoms with van der Waals surface area (Å²) in [6.07, 6.45) is -1.63. The Kier molecular flexibility index (Phi) is 7.70. The maximum Gasteiger partial charge on any atom is 0.414 e. The van der Waals surface area contributed by atoms with Crippen molar-refractivity contribution in [3.63, 3.8) is 0 Å². The molecule has 10 nitrogen and oxygen atoms in total. The van der Waals surface area contributed by atoms with Gasteiger partial charge in [-0.15, -0.1) is 0 Å². The van der Waals surface area contributed by atoms with Crippen LogP contribution >= 0.6 is 0 Å². The number of amides is 2. The summed E-state index contributed by atoms with van der Waals surface area (Å²) < 4.78 is 10.3. The predicted octanol–water partition coefficient (Wildman–Crippen LogP) is 3.81. The minimum absolute atomic E-state index is 0.0194. The molecule has 0 saturated carbocycles. The Morgan fingerprint density at radius 1 is 1.03 bits per heavy atom. The molecule has 29 heavy (non-hydrogen) atoms. The fourth-order valence-electron chi connectivity index (χ4n) is 2.11. The van der Waals surface area contributed by atoms with Crippen molar-refractivity contribution in [3.8, 4) is 0 Å². The second-order valence-corrected chi connectivity index (χ2v) is 8.24. The maximum atomic E-state index is 12.1. The third-order valence-electron chi connectivity index (χ3n) is 3.26. The number of nitro groups is 1. The summed E-state index contributed by atoms with van der Waals surface area (Å²) in [6, 6.07) is 4.60. The number of nitrogens with one attached hydrogen (secondary N) is 2. The third kappa shape index (κ3) is 9.04. The molecule has 2 amide bonds. The van der Waals surface area contributed by atoms with Crippen molar-refractivity contribution in [3.05, 3.63) is 39.4 Å². The number of carbonyl (C=O) groups excluding carboxylic acids is 2. The topological polar surface area (TPSA) is 132 Å². The quantitative estimate of drug-likeness (QED) is 0.338. The Bertz CT molecular complexity index is 774. The molecule has 0 atom stereocenters. The van der Waals surface area contributed by atoms with Gasteiger partial charge in [-0.25, -0.2) is 14.6 Å². The van der Waals surface area contributed by atoms with Crippen molar-refractivity contribution in [1.82, 2.24) is 10.6 Å². The van der Waals surface area contributed by atoms with E-state index in [-0.39, 0.29) is 18.2 Å². The summed E-state index contributed by atoms with van der Waals surface area (Å²) in [7, 11) is 0. The van der Waals surface area contributed by atoms with E-state index in [1.807, 2.05) is 0 Å². The fourth-order valence-corrected chi connectivity index (χ4v) is 2.11. The van der Waals surface area contributed by atoms with E-state index in [1.54, 1.807) is 54.5 Å². The number of carbonyl (C=O) groups is 2. The van der Waals surface area contributed by atoms with Crippen LogP contribution in [0.15, 0.2) is 23.2 Å². The van der Waals surface area contributed by atoms with Gasteiger partial charge in [-0.05, 0) is 54.0 Å². The van der Waals surface area contributed by atoms with E-state index in [2.05, 4.69) is 15.6 Å². The Hall–Kier alpha value is -3.17. The highest BCUT2D eigenvalue weighted by Gasteiger charge is 2.21. The number of ether oxygens (including phenoxy) is 2. The molecule has 0 fully saturated rings. The molecule has 1 rings (SSSR count). The van der Waals surface area contributed by atoms with Crippen LogP contribution in [-0.2, 0) is 16.0 Å². The van der Waals surface area contributed by atoms with Crippen LogP contribution in [0.4, 0.5) is 15.3 Å². The molecule has 10 heteroatoms. The molecule has 0 saturated heterocycles. The molecule has 0 aliphatic rings. The van der Waals surface area contributed by atoms with Crippen LogP contribution in [0.2, 0.25) is 0 Å². The van der Waals surface area contributed by atoms with Crippen LogP contribution in [-0.4, -0.2) is 34.3 Å². The first kappa shape index (κ1) is 23.9. The third-order valence-corrected chi connectivity index (χ3v) is 3.26. The smallest absolute Gasteiger partial charge is 0.414 e. The average Bonchev–Trinajstić information content (AvgIpc) is 2.49. The molecular formula is C19H28N4O6. The van der Waals surface area contributed by atoms with Crippen LogP contribution in [0, 0.1) is 17.0 Å². The average molecular weight is 408 g/mol. The molecule has 1 aromatic carbocycles. The van der Waals surface area contributed by atoms with Crippen molar-refractivity contribution < 1.29 is 24.0 Å². The van der Waals surface area contributed by atoms with Gasteiger partial charge in [0.2, 0.25) is 5.96 Å². The summed E-state index contributed by atoms with van der Waals surface area (Å²) in [5.74, 6) is -0.195. The van der Waals surface area contributed by atoms with Gasteiger partial charge in [-0.3, -0.25) is 20.7 Å². The van der Waals surface area contributed by atoms with Gasteiger partial charge in [0.25, 0.3) is 5.69 Å². The van der Waals surface area contributed by atoms with Crippen molar-refractivity contribution >= 4 is 23.8 Å². The van der Waals surface area contributed by atoms with Gasteiger partial charge in [0.15, 0.2) is 0 Å². The lowest BCUT2D eigenvalue weighted by Crippen LogP contribution is -2.47. The minimum Gasteiger partial charge on any atom is -0.444 e. The molecule has 0 aliphatic heterocycles. The number of nitrogens with zero attached hydrogens (tertiary/aromatic N) is 2. The molecule has 0 heterocycles. The molecule has 0 radical (unpaired) electrons. The van der Waals surface area contributed by atoms with Crippen LogP contribution < -0.4 is 10.6 Å². The van der Waals surface area contributed by atoms with E-state index < -0.39 is 28.3 Å². The maximum absolute atomic E-state index is 12.1. The first-order valence-corrected chi connectivity index (χ1v) is 8.95. The van der Waals surface area contributed by atoms with Crippen molar-refractivity contribution in [2.45, 2.75) is 66.2 Å². The molecule has 0 spiro atoms. The minimum atomic E-state index is -0.817. The van der Waals surface area contributed by atoms with E-state index in [0.717, 1.165) is 0 Å². The largest absolute Gasteiger partial charge is 0.444 e. The van der Waals surface area contributed by atoms with Gasteiger partial charge < -0.3 is 9.47 Å². The van der Waals surface area contributed by atoms with Crippen LogP contribution in [0.5, 0.6) is 0 Å². The molecular weight excluding hydrogens is 380 g/mol. The molecule has 0 unspecified atom stereocenters. The highest BCUT2D eigenvalue weighted by molar-refractivity contribution is 6.01. The molecule has 0 aromatic heterocycles. The van der Waals surface area contributed by atoms with E-state index >= 15 is 0 Å². The molecule has 1 aromatic rings. The standard InChI is InChI=1S/C19H28N4O6/c1-12-13(9-8-10-14(12)23(26)27)11-20-15(21-16(24)28-18(2,3)4)22-17(25)29-19(5,6)7/h8-10H,11H2,1-7H3,(H2,20,21,22,24,25). The number of hydrogen-bond donors (Lipinski definition) is 2. The zero-order chi connectivity index (χ0) is 22.4. The van der Waals surface area contributed by atoms with Crippen molar-refractivity contribution in [2.24, 2.45) is 4.99 Å². The highest BCUT2D eigenvalue weighted by Crippen LogP contribution is 2.21. The van der Waals surface area contributed by atoms with E-state index in [4.69, 9.17) is 9.47 Å². The fraction of sp³-hybridized carbons (Fsp3) is 0.526. The van der Waals surface area contributed by atoms with Crippen LogP contribution in [0.25, 0.3) is 0 Å². The van der Waals surface area contributed by atoms with Crippen LogP contribution in [0.3, 0.4) is 0 Å². The number of rotatable bonds is 3. The number of benzene rings is 1. The van der Waals surface area contributed by atoms with E-state index in [1.165, 1.54) is 12.1 Å². The first-order chi connectivity index (χ1) is 13.2. The molecule has 0 bridgehead atoms. The molecule has 160 valence electrons. The Morgan fingerprint density at radius 2 is 1.52 bits per heavy atom. The monoisotopic (exact) mass is 408 g/mol. The lowest BCUT2D eigenvalue weighted by Gasteiger charge is -2.22. The van der Waals surface area contributed by atoms with Gasteiger partial charge in [0.1, 0.15) is 11.2 Å². The Labute approximate surface area is 169 Å². The number of guanidine groups is 1. The summed E-state index contributed by atoms with van der Waals surface area (Å²) in [5.41, 5.74) is -0.543. The first-order valence-electron chi connectivity index (χ1n) is 8.95. The second kappa shape index (κ2) is 9.35. The summed E-state index contributed by atoms with van der Waals surface area (Å²) in [4.78, 5) is 38.9. The zero-order valence-corrected chi connectivity index (χ0v) is 17.8. The predicted molar refractivity (Wildman–Crippen MR) is 108 cm³/mol. The van der Waals surface area contributed by atoms with E-state index in [0.29, 0.717) is 11.1 Å². The molecule has 2 N–H and O–H groups in total. The van der Waals surface area contributed by atoms with Gasteiger partial charge >= 0.3 is 12.2 Å². The number of nitro benzene ring substituents is 1. The zero-order valence-electron chi connectivity index (χ0n) is 17.8. The van der Waals surface area contributed by atoms with Crippen molar-refractivity contribution in [1.29, 1.82) is 0 Å². The van der Waals surface area contributed by atoms with Gasteiger partial charge in [0.05, 0.1) is 11.5 Å². The number of aliphatic imine (C=N–C) groups is 1. The van der Waals surface area contributed by atoms with Gasteiger partial charge in [0, 0.05) is 11.6 Å². The Morgan fingerprint density at radius 3 is 1.93 bits per heavy atom. The van der Waals surface area contributed by atoms with E-state index in [9.17, 15) is 19.7 Å².